The summed E-state index contributed by atoms with van der Waals surface area (Å²) in [5.74, 6) is -2.73. The highest BCUT2D eigenvalue weighted by molar-refractivity contribution is 7.98. The Morgan fingerprint density at radius 2 is 1.90 bits per heavy atom. The van der Waals surface area contributed by atoms with Crippen molar-refractivity contribution in [2.75, 3.05) is 31.9 Å². The van der Waals surface area contributed by atoms with E-state index in [2.05, 4.69) is 0 Å². The molecule has 3 aromatic rings. The molecule has 11 heteroatoms. The zero-order valence-electron chi connectivity index (χ0n) is 21.2. The van der Waals surface area contributed by atoms with Gasteiger partial charge < -0.3 is 19.5 Å². The molecule has 0 radical (unpaired) electrons. The van der Waals surface area contributed by atoms with E-state index in [0.29, 0.717) is 38.2 Å². The highest BCUT2D eigenvalue weighted by Crippen LogP contribution is 2.46. The van der Waals surface area contributed by atoms with Gasteiger partial charge in [-0.05, 0) is 29.7 Å². The maximum atomic E-state index is 15.3. The SMILES string of the molecule is COCCOC1CCN2C(=O)c3c(O)c(=O)ccn3N([C@@H]3c4ccccc4SCc4c3ccc(F)c4F)[C@@H]2C1. The predicted octanol–water partition coefficient (Wildman–Crippen LogP) is 3.77. The van der Waals surface area contributed by atoms with Crippen LogP contribution in [0.5, 0.6) is 5.75 Å². The second-order valence-electron chi connectivity index (χ2n) is 9.75. The average molecular weight is 556 g/mol. The predicted molar refractivity (Wildman–Crippen MR) is 140 cm³/mol. The van der Waals surface area contributed by atoms with Crippen LogP contribution in [-0.2, 0) is 15.2 Å². The van der Waals surface area contributed by atoms with E-state index >= 15 is 4.39 Å². The second-order valence-corrected chi connectivity index (χ2v) is 10.8. The molecule has 6 rings (SSSR count). The number of piperidine rings is 1. The number of hydrogen-bond donors (Lipinski definition) is 1. The number of methoxy groups -OCH3 is 1. The lowest BCUT2D eigenvalue weighted by Crippen LogP contribution is -2.65. The van der Waals surface area contributed by atoms with Gasteiger partial charge in [0.05, 0.1) is 25.4 Å². The van der Waals surface area contributed by atoms with Crippen molar-refractivity contribution < 1.29 is 28.2 Å². The van der Waals surface area contributed by atoms with Crippen LogP contribution in [0.3, 0.4) is 0 Å². The summed E-state index contributed by atoms with van der Waals surface area (Å²) < 4.78 is 42.4. The molecular weight excluding hydrogens is 528 g/mol. The fourth-order valence-electron chi connectivity index (χ4n) is 5.79. The van der Waals surface area contributed by atoms with Crippen molar-refractivity contribution in [3.8, 4) is 5.75 Å². The standard InChI is InChI=1S/C28H27F2N3O5S/c1-37-12-13-38-16-8-10-31-23(14-16)33(32-11-9-21(34)27(35)26(32)28(31)36)25-17-6-7-20(29)24(30)19(17)15-39-22-5-3-2-4-18(22)25/h2-7,9,11,16,23,25,35H,8,10,12-15H2,1H3/t16?,23-,25+/m1/s1. The zero-order valence-corrected chi connectivity index (χ0v) is 22.0. The normalized spacial score (nSPS) is 22.0. The van der Waals surface area contributed by atoms with Crippen LogP contribution < -0.4 is 10.4 Å². The molecule has 3 aliphatic rings. The molecule has 0 spiro atoms. The van der Waals surface area contributed by atoms with Crippen molar-refractivity contribution in [3.05, 3.63) is 92.9 Å². The van der Waals surface area contributed by atoms with Crippen molar-refractivity contribution in [2.24, 2.45) is 0 Å². The van der Waals surface area contributed by atoms with Crippen LogP contribution in [0.1, 0.15) is 46.1 Å². The number of halogens is 2. The van der Waals surface area contributed by atoms with E-state index in [1.54, 1.807) is 18.1 Å². The lowest BCUT2D eigenvalue weighted by molar-refractivity contribution is -0.0359. The van der Waals surface area contributed by atoms with Gasteiger partial charge in [0, 0.05) is 48.6 Å². The number of carbonyl (C=O) groups is 1. The van der Waals surface area contributed by atoms with Crippen molar-refractivity contribution in [1.82, 2.24) is 9.58 Å². The van der Waals surface area contributed by atoms with Crippen molar-refractivity contribution in [2.45, 2.75) is 41.8 Å². The van der Waals surface area contributed by atoms with Gasteiger partial charge in [0.2, 0.25) is 5.43 Å². The number of hydrogen-bond acceptors (Lipinski definition) is 7. The number of aromatic hydroxyl groups is 1. The number of aromatic nitrogens is 1. The number of carbonyl (C=O) groups excluding carboxylic acids is 1. The molecule has 4 heterocycles. The average Bonchev–Trinajstić information content (AvgIpc) is 3.10. The van der Waals surface area contributed by atoms with Crippen LogP contribution in [0.2, 0.25) is 0 Å². The number of amides is 1. The maximum absolute atomic E-state index is 15.3. The van der Waals surface area contributed by atoms with E-state index in [4.69, 9.17) is 9.47 Å². The van der Waals surface area contributed by atoms with Crippen LogP contribution >= 0.6 is 11.8 Å². The molecule has 1 unspecified atom stereocenters. The zero-order chi connectivity index (χ0) is 27.3. The van der Waals surface area contributed by atoms with E-state index in [9.17, 15) is 19.1 Å². The van der Waals surface area contributed by atoms with Crippen LogP contribution in [0.15, 0.2) is 58.4 Å². The maximum Gasteiger partial charge on any atom is 0.278 e. The molecule has 1 N–H and O–H groups in total. The number of pyridine rings is 1. The van der Waals surface area contributed by atoms with E-state index < -0.39 is 40.9 Å². The van der Waals surface area contributed by atoms with Crippen LogP contribution in [0.4, 0.5) is 8.78 Å². The number of rotatable bonds is 5. The third kappa shape index (κ3) is 4.29. The molecule has 1 amide bonds. The Balaban J connectivity index is 1.58. The Kier molecular flexibility index (Phi) is 6.82. The minimum atomic E-state index is -0.930. The van der Waals surface area contributed by atoms with E-state index in [1.807, 2.05) is 29.3 Å². The minimum Gasteiger partial charge on any atom is -0.502 e. The number of thioether (sulfide) groups is 1. The first-order chi connectivity index (χ1) is 18.9. The third-order valence-corrected chi connectivity index (χ3v) is 8.73. The lowest BCUT2D eigenvalue weighted by atomic mass is 9.91. The number of ether oxygens (including phenoxy) is 2. The van der Waals surface area contributed by atoms with E-state index in [-0.39, 0.29) is 23.1 Å². The molecule has 39 heavy (non-hydrogen) atoms. The first-order valence-electron chi connectivity index (χ1n) is 12.7. The largest absolute Gasteiger partial charge is 0.502 e. The Bertz CT molecular complexity index is 1500. The molecule has 3 aliphatic heterocycles. The Morgan fingerprint density at radius 1 is 1.08 bits per heavy atom. The van der Waals surface area contributed by atoms with Crippen LogP contribution in [0.25, 0.3) is 0 Å². The van der Waals surface area contributed by atoms with Crippen LogP contribution in [-0.4, -0.2) is 59.7 Å². The summed E-state index contributed by atoms with van der Waals surface area (Å²) in [6, 6.07) is 10.9. The van der Waals surface area contributed by atoms with Crippen molar-refractivity contribution in [3.63, 3.8) is 0 Å². The number of nitrogens with zero attached hydrogens (tertiary/aromatic N) is 3. The summed E-state index contributed by atoms with van der Waals surface area (Å²) in [4.78, 5) is 28.6. The molecule has 8 nitrogen and oxygen atoms in total. The smallest absolute Gasteiger partial charge is 0.278 e. The molecule has 0 aliphatic carbocycles. The first-order valence-corrected chi connectivity index (χ1v) is 13.7. The number of benzene rings is 2. The van der Waals surface area contributed by atoms with Crippen molar-refractivity contribution >= 4 is 17.7 Å². The highest BCUT2D eigenvalue weighted by atomic mass is 32.2. The number of fused-ring (bicyclic) bond motifs is 4. The van der Waals surface area contributed by atoms with Gasteiger partial charge in [0.1, 0.15) is 6.17 Å². The Morgan fingerprint density at radius 3 is 2.72 bits per heavy atom. The molecule has 3 atom stereocenters. The first kappa shape index (κ1) is 25.8. The summed E-state index contributed by atoms with van der Waals surface area (Å²) in [6.07, 6.45) is 1.70. The summed E-state index contributed by atoms with van der Waals surface area (Å²) in [5.41, 5.74) is 0.799. The minimum absolute atomic E-state index is 0.156. The quantitative estimate of drug-likeness (QED) is 0.480. The summed E-state index contributed by atoms with van der Waals surface area (Å²) >= 11 is 1.41. The summed E-state index contributed by atoms with van der Waals surface area (Å²) in [5, 5.41) is 12.7. The molecule has 2 aromatic carbocycles. The topological polar surface area (TPSA) is 84.2 Å². The van der Waals surface area contributed by atoms with Gasteiger partial charge >= 0.3 is 0 Å². The van der Waals surface area contributed by atoms with Gasteiger partial charge in [-0.25, -0.2) is 8.78 Å². The lowest BCUT2D eigenvalue weighted by Gasteiger charge is -2.53. The van der Waals surface area contributed by atoms with E-state index in [0.717, 1.165) is 16.5 Å². The second kappa shape index (κ2) is 10.3. The Hall–Kier alpha value is -3.41. The van der Waals surface area contributed by atoms with Crippen LogP contribution in [0, 0.1) is 11.6 Å². The van der Waals surface area contributed by atoms with Gasteiger partial charge in [0.15, 0.2) is 23.1 Å². The summed E-state index contributed by atoms with van der Waals surface area (Å²) in [6.45, 7) is 1.15. The fourth-order valence-corrected chi connectivity index (χ4v) is 6.90. The van der Waals surface area contributed by atoms with Gasteiger partial charge in [-0.2, -0.15) is 0 Å². The van der Waals surface area contributed by atoms with Gasteiger partial charge in [-0.3, -0.25) is 19.3 Å². The van der Waals surface area contributed by atoms with Gasteiger partial charge in [-0.15, -0.1) is 11.8 Å². The van der Waals surface area contributed by atoms with Crippen molar-refractivity contribution in [1.29, 1.82) is 0 Å². The monoisotopic (exact) mass is 555 g/mol. The fraction of sp³-hybridized carbons (Fsp3) is 0.357. The molecule has 204 valence electrons. The van der Waals surface area contributed by atoms with Gasteiger partial charge in [0.25, 0.3) is 5.91 Å². The molecule has 1 fully saturated rings. The third-order valence-electron chi connectivity index (χ3n) is 7.62. The molecular formula is C28H27F2N3O5S. The van der Waals surface area contributed by atoms with E-state index in [1.165, 1.54) is 28.7 Å². The van der Waals surface area contributed by atoms with Gasteiger partial charge in [-0.1, -0.05) is 24.3 Å². The highest BCUT2D eigenvalue weighted by Gasteiger charge is 2.47. The molecule has 1 saturated heterocycles. The molecule has 0 bridgehead atoms. The molecule has 1 aromatic heterocycles. The Labute approximate surface area is 227 Å². The summed E-state index contributed by atoms with van der Waals surface area (Å²) in [7, 11) is 1.60. The molecule has 0 saturated carbocycles.